The molecule has 0 spiro atoms. The van der Waals surface area contributed by atoms with E-state index in [1.165, 1.54) is 22.3 Å². The summed E-state index contributed by atoms with van der Waals surface area (Å²) in [4.78, 5) is 2.33. The summed E-state index contributed by atoms with van der Waals surface area (Å²) in [7, 11) is 0. The number of nitriles is 2. The summed E-state index contributed by atoms with van der Waals surface area (Å²) in [6.07, 6.45) is 1.74. The van der Waals surface area contributed by atoms with Crippen molar-refractivity contribution in [1.29, 1.82) is 10.5 Å². The molecule has 1 aliphatic rings. The molecule has 0 heterocycles. The van der Waals surface area contributed by atoms with Crippen LogP contribution in [0.25, 0.3) is 0 Å². The summed E-state index contributed by atoms with van der Waals surface area (Å²) < 4.78 is 0. The van der Waals surface area contributed by atoms with Crippen molar-refractivity contribution >= 4 is 17.1 Å². The molecule has 0 bridgehead atoms. The Balaban J connectivity index is 1.70. The van der Waals surface area contributed by atoms with Gasteiger partial charge in [-0.15, -0.1) is 0 Å². The van der Waals surface area contributed by atoms with Crippen LogP contribution < -0.4 is 4.90 Å². The van der Waals surface area contributed by atoms with Crippen molar-refractivity contribution < 1.29 is 0 Å². The van der Waals surface area contributed by atoms with Crippen LogP contribution in [-0.4, -0.2) is 0 Å². The fraction of sp³-hybridized carbons (Fsp3) is 0.333. The first-order valence-corrected chi connectivity index (χ1v) is 14.9. The van der Waals surface area contributed by atoms with E-state index in [1.54, 1.807) is 6.07 Å². The van der Waals surface area contributed by atoms with Gasteiger partial charge in [0, 0.05) is 22.5 Å². The van der Waals surface area contributed by atoms with Gasteiger partial charge in [0.25, 0.3) is 0 Å². The molecule has 0 N–H and O–H groups in total. The van der Waals surface area contributed by atoms with Gasteiger partial charge in [0.15, 0.2) is 0 Å². The van der Waals surface area contributed by atoms with E-state index in [1.807, 2.05) is 6.07 Å². The number of anilines is 3. The van der Waals surface area contributed by atoms with Crippen LogP contribution in [0.2, 0.25) is 0 Å². The Morgan fingerprint density at radius 1 is 0.619 bits per heavy atom. The molecular weight excluding hydrogens is 510 g/mol. The number of nitrogens with zero attached hydrogens (tertiary/aromatic N) is 3. The van der Waals surface area contributed by atoms with Gasteiger partial charge in [-0.25, -0.2) is 0 Å². The normalized spacial score (nSPS) is 14.1. The standard InChI is InChI=1S/C39H41N3/c1-37(2,3)29-14-19-31(20-15-29)42(32-21-16-30(17-22-32)38(4,5)6)33-18-13-26-9-10-27-11-12-28(24-40)34(25-41)36(27)39(7,8)35(26)23-33/h11-23H,9-10H2,1-8H3. The second-order valence-electron chi connectivity index (χ2n) is 14.1. The predicted octanol–water partition coefficient (Wildman–Crippen LogP) is 9.92. The fourth-order valence-corrected chi connectivity index (χ4v) is 6.35. The van der Waals surface area contributed by atoms with Crippen LogP contribution in [0.1, 0.15) is 99.9 Å². The van der Waals surface area contributed by atoms with Crippen molar-refractivity contribution in [3.8, 4) is 12.1 Å². The first-order chi connectivity index (χ1) is 19.8. The largest absolute Gasteiger partial charge is 0.310 e. The smallest absolute Gasteiger partial charge is 0.101 e. The molecule has 4 aromatic rings. The van der Waals surface area contributed by atoms with Crippen molar-refractivity contribution in [2.24, 2.45) is 0 Å². The zero-order chi connectivity index (χ0) is 30.4. The van der Waals surface area contributed by atoms with Gasteiger partial charge in [-0.2, -0.15) is 10.5 Å². The Morgan fingerprint density at radius 3 is 1.57 bits per heavy atom. The molecule has 0 saturated carbocycles. The summed E-state index contributed by atoms with van der Waals surface area (Å²) in [6.45, 7) is 17.8. The zero-order valence-corrected chi connectivity index (χ0v) is 26.3. The Bertz CT molecular complexity index is 1650. The van der Waals surface area contributed by atoms with E-state index in [9.17, 15) is 10.5 Å². The van der Waals surface area contributed by atoms with Gasteiger partial charge >= 0.3 is 0 Å². The molecule has 3 heteroatoms. The van der Waals surface area contributed by atoms with E-state index < -0.39 is 5.41 Å². The van der Waals surface area contributed by atoms with Crippen LogP contribution in [0.3, 0.4) is 0 Å². The van der Waals surface area contributed by atoms with Gasteiger partial charge in [0.2, 0.25) is 0 Å². The molecule has 0 atom stereocenters. The highest BCUT2D eigenvalue weighted by Gasteiger charge is 2.35. The monoisotopic (exact) mass is 551 g/mol. The zero-order valence-electron chi connectivity index (χ0n) is 26.3. The van der Waals surface area contributed by atoms with Crippen molar-refractivity contribution in [1.82, 2.24) is 0 Å². The lowest BCUT2D eigenvalue weighted by Gasteiger charge is -2.32. The first kappa shape index (κ1) is 29.2. The molecule has 1 aliphatic carbocycles. The van der Waals surface area contributed by atoms with E-state index in [2.05, 4.69) is 139 Å². The molecule has 0 fully saturated rings. The Kier molecular flexibility index (Phi) is 7.28. The first-order valence-electron chi connectivity index (χ1n) is 14.9. The van der Waals surface area contributed by atoms with Gasteiger partial charge in [-0.3, -0.25) is 0 Å². The van der Waals surface area contributed by atoms with Gasteiger partial charge < -0.3 is 4.90 Å². The molecule has 0 amide bonds. The lowest BCUT2D eigenvalue weighted by atomic mass is 9.73. The second kappa shape index (κ2) is 10.5. The Hall–Kier alpha value is -4.34. The van der Waals surface area contributed by atoms with Gasteiger partial charge in [-0.1, -0.05) is 91.8 Å². The second-order valence-corrected chi connectivity index (χ2v) is 14.1. The number of hydrogen-bond acceptors (Lipinski definition) is 3. The fourth-order valence-electron chi connectivity index (χ4n) is 6.35. The topological polar surface area (TPSA) is 50.8 Å². The van der Waals surface area contributed by atoms with E-state index >= 15 is 0 Å². The summed E-state index contributed by atoms with van der Waals surface area (Å²) >= 11 is 0. The van der Waals surface area contributed by atoms with Gasteiger partial charge in [0.1, 0.15) is 12.1 Å². The van der Waals surface area contributed by atoms with Crippen LogP contribution in [0.4, 0.5) is 17.1 Å². The number of fused-ring (bicyclic) bond motifs is 2. The van der Waals surface area contributed by atoms with E-state index in [0.29, 0.717) is 11.1 Å². The molecule has 0 saturated heterocycles. The molecule has 42 heavy (non-hydrogen) atoms. The van der Waals surface area contributed by atoms with Crippen LogP contribution >= 0.6 is 0 Å². The minimum Gasteiger partial charge on any atom is -0.310 e. The maximum Gasteiger partial charge on any atom is 0.101 e. The Morgan fingerprint density at radius 2 is 1.10 bits per heavy atom. The van der Waals surface area contributed by atoms with Crippen LogP contribution in [-0.2, 0) is 29.1 Å². The van der Waals surface area contributed by atoms with Gasteiger partial charge in [-0.05, 0) is 99.5 Å². The average molecular weight is 552 g/mol. The number of hydrogen-bond donors (Lipinski definition) is 0. The highest BCUT2D eigenvalue weighted by Crippen LogP contribution is 2.45. The maximum atomic E-state index is 10.2. The summed E-state index contributed by atoms with van der Waals surface area (Å²) in [5, 5.41) is 20.0. The third-order valence-electron chi connectivity index (χ3n) is 8.82. The van der Waals surface area contributed by atoms with Crippen LogP contribution in [0, 0.1) is 22.7 Å². The van der Waals surface area contributed by atoms with Crippen molar-refractivity contribution in [3.63, 3.8) is 0 Å². The predicted molar refractivity (Wildman–Crippen MR) is 174 cm³/mol. The summed E-state index contributed by atoms with van der Waals surface area (Å²) in [6, 6.07) is 33.1. The highest BCUT2D eigenvalue weighted by atomic mass is 15.1. The maximum absolute atomic E-state index is 10.2. The Labute approximate surface area is 252 Å². The van der Waals surface area contributed by atoms with Crippen molar-refractivity contribution in [2.75, 3.05) is 4.90 Å². The molecule has 0 radical (unpaired) electrons. The molecule has 212 valence electrons. The average Bonchev–Trinajstić information content (AvgIpc) is 3.06. The molecule has 0 unspecified atom stereocenters. The molecule has 0 aliphatic heterocycles. The lowest BCUT2D eigenvalue weighted by molar-refractivity contribution is 0.590. The third kappa shape index (κ3) is 5.21. The van der Waals surface area contributed by atoms with E-state index in [0.717, 1.165) is 41.0 Å². The minimum absolute atomic E-state index is 0.0694. The molecule has 5 rings (SSSR count). The summed E-state index contributed by atoms with van der Waals surface area (Å²) in [5.74, 6) is 0. The minimum atomic E-state index is -0.451. The molecule has 3 nitrogen and oxygen atoms in total. The molecular formula is C39H41N3. The molecule has 0 aromatic heterocycles. The SMILES string of the molecule is CC(C)(C)c1ccc(N(c2ccc(C(C)(C)C)cc2)c2ccc3c(c2)C(C)(C)c2c(ccc(C#N)c2C#N)CC3)cc1. The summed E-state index contributed by atoms with van der Waals surface area (Å²) in [5.41, 5.74) is 11.1. The molecule has 4 aromatic carbocycles. The van der Waals surface area contributed by atoms with Gasteiger partial charge in [0.05, 0.1) is 11.1 Å². The van der Waals surface area contributed by atoms with Crippen molar-refractivity contribution in [2.45, 2.75) is 84.5 Å². The number of aryl methyl sites for hydroxylation is 2. The van der Waals surface area contributed by atoms with E-state index in [-0.39, 0.29) is 10.8 Å². The highest BCUT2D eigenvalue weighted by molar-refractivity contribution is 5.78. The quantitative estimate of drug-likeness (QED) is 0.255. The number of benzene rings is 4. The third-order valence-corrected chi connectivity index (χ3v) is 8.82. The van der Waals surface area contributed by atoms with Crippen LogP contribution in [0.15, 0.2) is 78.9 Å². The van der Waals surface area contributed by atoms with Crippen LogP contribution in [0.5, 0.6) is 0 Å². The lowest BCUT2D eigenvalue weighted by Crippen LogP contribution is -2.23. The number of rotatable bonds is 3. The van der Waals surface area contributed by atoms with E-state index in [4.69, 9.17) is 0 Å². The van der Waals surface area contributed by atoms with Crippen molar-refractivity contribution in [3.05, 3.63) is 123 Å².